The van der Waals surface area contributed by atoms with Crippen molar-refractivity contribution in [2.45, 2.75) is 32.6 Å². The van der Waals surface area contributed by atoms with E-state index < -0.39 is 0 Å². The van der Waals surface area contributed by atoms with E-state index in [9.17, 15) is 0 Å². The van der Waals surface area contributed by atoms with Crippen LogP contribution in [0.15, 0.2) is 12.2 Å². The van der Waals surface area contributed by atoms with E-state index in [1.54, 1.807) is 0 Å². The van der Waals surface area contributed by atoms with Crippen LogP contribution in [0.1, 0.15) is 32.6 Å². The van der Waals surface area contributed by atoms with Gasteiger partial charge in [-0.25, -0.2) is 0 Å². The molecule has 0 aliphatic carbocycles. The van der Waals surface area contributed by atoms with Crippen molar-refractivity contribution in [3.05, 3.63) is 26.5 Å². The van der Waals surface area contributed by atoms with E-state index in [4.69, 9.17) is 0 Å². The summed E-state index contributed by atoms with van der Waals surface area (Å²) in [6.07, 6.45) is 9.10. The molecule has 0 nitrogen and oxygen atoms in total. The van der Waals surface area contributed by atoms with Crippen LogP contribution in [-0.4, -0.2) is 0 Å². The van der Waals surface area contributed by atoms with Gasteiger partial charge in [0, 0.05) is 32.7 Å². The molecular weight excluding hydrogens is 197 g/mol. The third-order valence-electron chi connectivity index (χ3n) is 1.06. The van der Waals surface area contributed by atoms with Crippen molar-refractivity contribution in [3.8, 4) is 0 Å². The smallest absolute Gasteiger partial charge is 0 e. The van der Waals surface area contributed by atoms with Crippen molar-refractivity contribution >= 4 is 0 Å². The third kappa shape index (κ3) is 15.9. The second kappa shape index (κ2) is 16.4. The fourth-order valence-electron chi connectivity index (χ4n) is 0.558. The van der Waals surface area contributed by atoms with Crippen molar-refractivity contribution < 1.29 is 32.7 Å². The average Bonchev–Trinajstić information content (AvgIpc) is 1.81. The van der Waals surface area contributed by atoms with Crippen molar-refractivity contribution in [2.24, 2.45) is 0 Å². The zero-order valence-electron chi connectivity index (χ0n) is 7.27. The van der Waals surface area contributed by atoms with Gasteiger partial charge in [-0.2, -0.15) is 6.42 Å². The first-order valence-corrected chi connectivity index (χ1v) is 3.36. The molecule has 0 unspecified atom stereocenters. The zero-order chi connectivity index (χ0) is 6.24. The van der Waals surface area contributed by atoms with Gasteiger partial charge in [0.1, 0.15) is 0 Å². The maximum atomic E-state index is 3.70. The number of allylic oxidation sites excluding steroid dienone is 2. The van der Waals surface area contributed by atoms with Gasteiger partial charge in [-0.05, 0) is 6.42 Å². The van der Waals surface area contributed by atoms with E-state index in [1.807, 2.05) is 0 Å². The van der Waals surface area contributed by atoms with Crippen LogP contribution in [0.3, 0.4) is 0 Å². The summed E-state index contributed by atoms with van der Waals surface area (Å²) in [6, 6.07) is 0. The van der Waals surface area contributed by atoms with Crippen LogP contribution < -0.4 is 0 Å². The fraction of sp³-hybridized carbons (Fsp3) is 0.556. The van der Waals surface area contributed by atoms with Crippen LogP contribution in [0.4, 0.5) is 0 Å². The molecule has 59 valence electrons. The van der Waals surface area contributed by atoms with Crippen LogP contribution in [0.25, 0.3) is 0 Å². The Morgan fingerprint density at radius 1 is 1.30 bits per heavy atom. The molecule has 0 rings (SSSR count). The minimum atomic E-state index is 0. The third-order valence-corrected chi connectivity index (χ3v) is 1.06. The Labute approximate surface area is 91.4 Å². The summed E-state index contributed by atoms with van der Waals surface area (Å²) in [5.41, 5.74) is 0. The molecule has 10 heavy (non-hydrogen) atoms. The first-order valence-electron chi connectivity index (χ1n) is 3.36. The molecule has 0 atom stereocenters. The average molecular weight is 215 g/mol. The maximum Gasteiger partial charge on any atom is 0 e. The van der Waals surface area contributed by atoms with Gasteiger partial charge in [0.25, 0.3) is 0 Å². The van der Waals surface area contributed by atoms with Gasteiger partial charge in [0.15, 0.2) is 0 Å². The zero-order valence-corrected chi connectivity index (χ0v) is 10.1. The van der Waals surface area contributed by atoms with Crippen LogP contribution in [0, 0.1) is 14.4 Å². The fourth-order valence-corrected chi connectivity index (χ4v) is 0.558. The monoisotopic (exact) mass is 215 g/mol. The summed E-state index contributed by atoms with van der Waals surface area (Å²) in [6.45, 7) is 5.90. The molecule has 0 saturated carbocycles. The predicted octanol–water partition coefficient (Wildman–Crippen LogP) is 3.40. The Morgan fingerprint density at radius 2 is 1.90 bits per heavy atom. The minimum Gasteiger partial charge on any atom is -0.358 e. The Hall–Kier alpha value is 0.844. The molecule has 0 aromatic heterocycles. The second-order valence-corrected chi connectivity index (χ2v) is 1.90. The minimum absolute atomic E-state index is 0. The van der Waals surface area contributed by atoms with Gasteiger partial charge in [-0.15, -0.1) is 6.08 Å². The van der Waals surface area contributed by atoms with Gasteiger partial charge < -0.3 is 14.4 Å². The molecule has 0 aliphatic heterocycles. The van der Waals surface area contributed by atoms with Gasteiger partial charge in [0.2, 0.25) is 0 Å². The molecule has 0 aliphatic rings. The molecule has 0 fully saturated rings. The largest absolute Gasteiger partial charge is 0.358 e. The number of hydrogen-bond donors (Lipinski definition) is 0. The summed E-state index contributed by atoms with van der Waals surface area (Å²) in [7, 11) is 0. The van der Waals surface area contributed by atoms with Crippen LogP contribution in [-0.2, 0) is 32.7 Å². The second-order valence-electron chi connectivity index (χ2n) is 1.90. The van der Waals surface area contributed by atoms with E-state index in [2.05, 4.69) is 26.0 Å². The van der Waals surface area contributed by atoms with E-state index in [0.717, 1.165) is 6.42 Å². The molecule has 0 bridgehead atoms. The van der Waals surface area contributed by atoms with Crippen molar-refractivity contribution in [1.82, 2.24) is 0 Å². The van der Waals surface area contributed by atoms with Crippen molar-refractivity contribution in [1.29, 1.82) is 0 Å². The molecule has 0 amide bonds. The Kier molecular flexibility index (Phi) is 28.1. The molecule has 1 heteroatoms. The quantitative estimate of drug-likeness (QED) is 0.383. The molecule has 0 aromatic carbocycles. The Morgan fingerprint density at radius 3 is 2.30 bits per heavy atom. The summed E-state index contributed by atoms with van der Waals surface area (Å²) < 4.78 is 0. The first kappa shape index (κ1) is 17.1. The standard InChI is InChI=1S/C8H15.CH3.Y/c1-3-5-7-8-6-4-2;;/h5,7H,1,3-4,6,8H2,2H3;1H3;/q2*-1;. The van der Waals surface area contributed by atoms with E-state index >= 15 is 0 Å². The molecular formula is C9H18Y-2. The van der Waals surface area contributed by atoms with E-state index in [-0.39, 0.29) is 40.1 Å². The van der Waals surface area contributed by atoms with Gasteiger partial charge >= 0.3 is 0 Å². The molecule has 0 N–H and O–H groups in total. The summed E-state index contributed by atoms with van der Waals surface area (Å²) >= 11 is 0. The van der Waals surface area contributed by atoms with Crippen molar-refractivity contribution in [3.63, 3.8) is 0 Å². The number of hydrogen-bond acceptors (Lipinski definition) is 0. The maximum absolute atomic E-state index is 3.70. The normalized spacial score (nSPS) is 8.60. The molecule has 1 radical (unpaired) electrons. The SMILES string of the molecule is [CH2-]CC=CCCCC.[CH3-].[Y]. The van der Waals surface area contributed by atoms with Crippen LogP contribution in [0.2, 0.25) is 0 Å². The van der Waals surface area contributed by atoms with Crippen molar-refractivity contribution in [2.75, 3.05) is 0 Å². The first-order chi connectivity index (χ1) is 3.91. The van der Waals surface area contributed by atoms with Gasteiger partial charge in [0.05, 0.1) is 0 Å². The summed E-state index contributed by atoms with van der Waals surface area (Å²) in [4.78, 5) is 0. The Balaban J connectivity index is -0.000000245. The summed E-state index contributed by atoms with van der Waals surface area (Å²) in [5, 5.41) is 0. The van der Waals surface area contributed by atoms with Gasteiger partial charge in [-0.3, -0.25) is 0 Å². The predicted molar refractivity (Wildman–Crippen MR) is 45.1 cm³/mol. The number of unbranched alkanes of at least 4 members (excludes halogenated alkanes) is 2. The van der Waals surface area contributed by atoms with Crippen LogP contribution in [0.5, 0.6) is 0 Å². The Bertz CT molecular complexity index is 57.7. The number of rotatable bonds is 4. The summed E-state index contributed by atoms with van der Waals surface area (Å²) in [5.74, 6) is 0. The van der Waals surface area contributed by atoms with Crippen LogP contribution >= 0.6 is 0 Å². The van der Waals surface area contributed by atoms with E-state index in [1.165, 1.54) is 19.3 Å². The molecule has 0 heterocycles. The van der Waals surface area contributed by atoms with E-state index in [0.29, 0.717) is 0 Å². The van der Waals surface area contributed by atoms with Gasteiger partial charge in [-0.1, -0.05) is 25.8 Å². The molecule has 0 aromatic rings. The molecule has 0 saturated heterocycles. The topological polar surface area (TPSA) is 0 Å². The molecule has 0 spiro atoms.